The van der Waals surface area contributed by atoms with Crippen LogP contribution in [0.3, 0.4) is 0 Å². The summed E-state index contributed by atoms with van der Waals surface area (Å²) in [6.07, 6.45) is 0.187. The quantitative estimate of drug-likeness (QED) is 0.545. The minimum atomic E-state index is -1.74. The molecule has 1 aromatic carbocycles. The Morgan fingerprint density at radius 1 is 1.22 bits per heavy atom. The second-order valence-corrected chi connectivity index (χ2v) is 4.19. The predicted octanol–water partition coefficient (Wildman–Crippen LogP) is -0.490. The second kappa shape index (κ2) is 4.75. The van der Waals surface area contributed by atoms with E-state index in [9.17, 15) is 14.7 Å². The summed E-state index contributed by atoms with van der Waals surface area (Å²) in [6, 6.07) is 7.27. The number of rotatable bonds is 2. The summed E-state index contributed by atoms with van der Waals surface area (Å²) < 4.78 is 0. The minimum absolute atomic E-state index is 0.0936. The molecular weight excluding hydrogens is 240 g/mol. The summed E-state index contributed by atoms with van der Waals surface area (Å²) in [5, 5.41) is 18.6. The fourth-order valence-corrected chi connectivity index (χ4v) is 1.92. The van der Waals surface area contributed by atoms with Crippen molar-refractivity contribution in [3.8, 4) is 0 Å². The summed E-state index contributed by atoms with van der Waals surface area (Å²) in [5.74, 6) is -2.14. The van der Waals surface area contributed by atoms with Crippen molar-refractivity contribution in [1.29, 1.82) is 0 Å². The van der Waals surface area contributed by atoms with E-state index in [2.05, 4.69) is 9.78 Å². The highest BCUT2D eigenvalue weighted by atomic mass is 17.2. The molecule has 0 fully saturated rings. The lowest BCUT2D eigenvalue weighted by molar-refractivity contribution is -0.272. The molecule has 0 amide bonds. The lowest BCUT2D eigenvalue weighted by atomic mass is 9.82. The van der Waals surface area contributed by atoms with Gasteiger partial charge in [-0.1, -0.05) is 24.3 Å². The molecule has 0 atom stereocenters. The summed E-state index contributed by atoms with van der Waals surface area (Å²) in [6.45, 7) is -0.898. The van der Waals surface area contributed by atoms with Gasteiger partial charge in [-0.3, -0.25) is 0 Å². The van der Waals surface area contributed by atoms with Crippen molar-refractivity contribution in [1.82, 2.24) is 0 Å². The third-order valence-electron chi connectivity index (χ3n) is 2.70. The highest BCUT2D eigenvalue weighted by Crippen LogP contribution is 2.26. The van der Waals surface area contributed by atoms with Crippen LogP contribution in [0.15, 0.2) is 24.3 Å². The number of hydrogen-bond donors (Lipinski definition) is 2. The molecule has 0 aliphatic heterocycles. The minimum Gasteiger partial charge on any atom is -0.384 e. The van der Waals surface area contributed by atoms with E-state index in [4.69, 9.17) is 5.11 Å². The Hall–Kier alpha value is -1.92. The SMILES string of the molecule is O=C(CO)OOC(=O)C1(O)Cc2cccc(c2)C1. The van der Waals surface area contributed by atoms with Crippen LogP contribution >= 0.6 is 0 Å². The van der Waals surface area contributed by atoms with Crippen LogP contribution in [0, 0.1) is 0 Å². The average Bonchev–Trinajstić information content (AvgIpc) is 2.34. The lowest BCUT2D eigenvalue weighted by Gasteiger charge is -2.28. The van der Waals surface area contributed by atoms with Crippen molar-refractivity contribution in [2.45, 2.75) is 18.4 Å². The van der Waals surface area contributed by atoms with Gasteiger partial charge in [0.25, 0.3) is 0 Å². The Morgan fingerprint density at radius 2 is 1.83 bits per heavy atom. The fraction of sp³-hybridized carbons (Fsp3) is 0.333. The van der Waals surface area contributed by atoms with Crippen LogP contribution < -0.4 is 0 Å². The van der Waals surface area contributed by atoms with Crippen LogP contribution in [0.25, 0.3) is 0 Å². The zero-order valence-electron chi connectivity index (χ0n) is 9.46. The van der Waals surface area contributed by atoms with Gasteiger partial charge in [-0.15, -0.1) is 0 Å². The highest BCUT2D eigenvalue weighted by Gasteiger charge is 2.41. The maximum atomic E-state index is 11.7. The highest BCUT2D eigenvalue weighted by molar-refractivity contribution is 5.81. The largest absolute Gasteiger partial charge is 0.387 e. The number of fused-ring (bicyclic) bond motifs is 2. The molecular formula is C12H12O6. The van der Waals surface area contributed by atoms with E-state index in [-0.39, 0.29) is 12.8 Å². The molecule has 0 radical (unpaired) electrons. The maximum Gasteiger partial charge on any atom is 0.387 e. The maximum absolute atomic E-state index is 11.7. The molecule has 0 saturated carbocycles. The van der Waals surface area contributed by atoms with Crippen LogP contribution in [-0.2, 0) is 32.2 Å². The Balaban J connectivity index is 2.04. The smallest absolute Gasteiger partial charge is 0.384 e. The molecule has 2 bridgehead atoms. The summed E-state index contributed by atoms with van der Waals surface area (Å²) >= 11 is 0. The summed E-state index contributed by atoms with van der Waals surface area (Å²) in [7, 11) is 0. The Kier molecular flexibility index (Phi) is 3.31. The van der Waals surface area contributed by atoms with Gasteiger partial charge in [0, 0.05) is 12.8 Å². The Morgan fingerprint density at radius 3 is 2.39 bits per heavy atom. The first kappa shape index (κ1) is 12.5. The van der Waals surface area contributed by atoms with Gasteiger partial charge in [-0.25, -0.2) is 19.4 Å². The molecule has 18 heavy (non-hydrogen) atoms. The predicted molar refractivity (Wildman–Crippen MR) is 58.1 cm³/mol. The molecule has 0 heterocycles. The molecule has 0 aromatic heterocycles. The molecule has 96 valence electrons. The van der Waals surface area contributed by atoms with E-state index in [0.717, 1.165) is 11.1 Å². The molecule has 0 unspecified atom stereocenters. The number of carbonyl (C=O) groups is 2. The van der Waals surface area contributed by atoms with Crippen molar-refractivity contribution in [2.75, 3.05) is 6.61 Å². The number of aliphatic hydroxyl groups is 2. The number of carbonyl (C=O) groups excluding carboxylic acids is 2. The standard InChI is InChI=1S/C12H12O6/c13-7-10(14)17-18-11(15)12(16)5-8-2-1-3-9(4-8)6-12/h1-4,13,16H,5-7H2. The second-order valence-electron chi connectivity index (χ2n) is 4.19. The fourth-order valence-electron chi connectivity index (χ4n) is 1.92. The van der Waals surface area contributed by atoms with E-state index in [1.165, 1.54) is 0 Å². The zero-order chi connectivity index (χ0) is 13.2. The van der Waals surface area contributed by atoms with E-state index < -0.39 is 24.1 Å². The Bertz CT molecular complexity index is 460. The third kappa shape index (κ3) is 2.49. The van der Waals surface area contributed by atoms with Gasteiger partial charge in [0.1, 0.15) is 6.61 Å². The van der Waals surface area contributed by atoms with Gasteiger partial charge in [-0.2, -0.15) is 0 Å². The number of aliphatic hydroxyl groups excluding tert-OH is 1. The van der Waals surface area contributed by atoms with Crippen LogP contribution in [0.2, 0.25) is 0 Å². The normalized spacial score (nSPS) is 15.9. The van der Waals surface area contributed by atoms with Gasteiger partial charge in [0.15, 0.2) is 5.60 Å². The molecule has 0 spiro atoms. The molecule has 2 rings (SSSR count). The monoisotopic (exact) mass is 252 g/mol. The summed E-state index contributed by atoms with van der Waals surface area (Å²) in [4.78, 5) is 30.6. The van der Waals surface area contributed by atoms with Crippen LogP contribution in [0.1, 0.15) is 11.1 Å². The van der Waals surface area contributed by atoms with Crippen molar-refractivity contribution in [2.24, 2.45) is 0 Å². The van der Waals surface area contributed by atoms with E-state index in [1.54, 1.807) is 12.1 Å². The topological polar surface area (TPSA) is 93.1 Å². The van der Waals surface area contributed by atoms with Crippen molar-refractivity contribution in [3.05, 3.63) is 35.4 Å². The Labute approximate surface area is 103 Å². The first-order chi connectivity index (χ1) is 8.53. The van der Waals surface area contributed by atoms with Gasteiger partial charge < -0.3 is 10.2 Å². The molecule has 6 nitrogen and oxygen atoms in total. The van der Waals surface area contributed by atoms with Gasteiger partial charge in [0.2, 0.25) is 0 Å². The molecule has 6 heteroatoms. The van der Waals surface area contributed by atoms with Crippen molar-refractivity contribution < 1.29 is 29.6 Å². The molecule has 1 aromatic rings. The summed E-state index contributed by atoms with van der Waals surface area (Å²) in [5.41, 5.74) is -0.144. The first-order valence-corrected chi connectivity index (χ1v) is 5.36. The van der Waals surface area contributed by atoms with Crippen molar-refractivity contribution in [3.63, 3.8) is 0 Å². The van der Waals surface area contributed by atoms with Crippen LogP contribution in [0.4, 0.5) is 0 Å². The van der Waals surface area contributed by atoms with Crippen molar-refractivity contribution >= 4 is 11.9 Å². The molecule has 1 aliphatic carbocycles. The van der Waals surface area contributed by atoms with E-state index >= 15 is 0 Å². The number of hydrogen-bond acceptors (Lipinski definition) is 6. The van der Waals surface area contributed by atoms with Gasteiger partial charge in [-0.05, 0) is 11.1 Å². The van der Waals surface area contributed by atoms with Crippen LogP contribution in [-0.4, -0.2) is 34.4 Å². The molecule has 2 N–H and O–H groups in total. The number of benzene rings is 1. The first-order valence-electron chi connectivity index (χ1n) is 5.36. The lowest BCUT2D eigenvalue weighted by Crippen LogP contribution is -2.46. The average molecular weight is 252 g/mol. The van der Waals surface area contributed by atoms with E-state index in [0.29, 0.717) is 0 Å². The van der Waals surface area contributed by atoms with Gasteiger partial charge >= 0.3 is 11.9 Å². The third-order valence-corrected chi connectivity index (χ3v) is 2.70. The zero-order valence-corrected chi connectivity index (χ0v) is 9.46. The molecule has 1 aliphatic rings. The van der Waals surface area contributed by atoms with Crippen LogP contribution in [0.5, 0.6) is 0 Å². The van der Waals surface area contributed by atoms with Gasteiger partial charge in [0.05, 0.1) is 0 Å². The molecule has 0 saturated heterocycles. The van der Waals surface area contributed by atoms with E-state index in [1.807, 2.05) is 12.1 Å².